The van der Waals surface area contributed by atoms with E-state index in [1.807, 2.05) is 45.0 Å². The number of halogens is 3. The largest absolute Gasteiger partial charge is 0.490 e. The molecule has 2 aromatic rings. The Balaban J connectivity index is 1.84. The topological polar surface area (TPSA) is 94.6 Å². The molecule has 3 rings (SSSR count). The standard InChI is InChI=1S/C32H45F3N4O5/c1-21-18-39(22(2)20-40)30(41)27-17-26(37(4)5)14-15-28(27)44-23(3)9-7-8-16-43-29(21)19-38(6)31(42)36-25-12-10-24(11-13-25)32(33,34)35/h10-15,17,21-23,29,40H,7-9,16,18-20H2,1-6H3,(H,36,42)/t21-,22-,23-,29-/m1/s1. The molecule has 0 saturated heterocycles. The van der Waals surface area contributed by atoms with E-state index in [2.05, 4.69) is 5.32 Å². The van der Waals surface area contributed by atoms with Crippen molar-refractivity contribution in [3.63, 3.8) is 0 Å². The molecule has 244 valence electrons. The number of hydrogen-bond donors (Lipinski definition) is 2. The van der Waals surface area contributed by atoms with Crippen molar-refractivity contribution >= 4 is 23.3 Å². The molecule has 4 atom stereocenters. The number of benzene rings is 2. The van der Waals surface area contributed by atoms with Crippen LogP contribution in [0.5, 0.6) is 5.75 Å². The minimum absolute atomic E-state index is 0.145. The van der Waals surface area contributed by atoms with Crippen LogP contribution in [0.15, 0.2) is 42.5 Å². The van der Waals surface area contributed by atoms with Gasteiger partial charge in [-0.3, -0.25) is 4.79 Å². The Morgan fingerprint density at radius 2 is 1.80 bits per heavy atom. The van der Waals surface area contributed by atoms with Crippen molar-refractivity contribution in [1.29, 1.82) is 0 Å². The molecule has 2 aromatic carbocycles. The first-order valence-electron chi connectivity index (χ1n) is 14.9. The summed E-state index contributed by atoms with van der Waals surface area (Å²) in [5.41, 5.74) is 0.665. The number of aliphatic hydroxyl groups excluding tert-OH is 1. The van der Waals surface area contributed by atoms with Crippen molar-refractivity contribution in [2.24, 2.45) is 5.92 Å². The Bertz CT molecular complexity index is 1240. The van der Waals surface area contributed by atoms with Gasteiger partial charge in [-0.2, -0.15) is 13.2 Å². The van der Waals surface area contributed by atoms with Crippen molar-refractivity contribution in [3.05, 3.63) is 53.6 Å². The lowest BCUT2D eigenvalue weighted by Crippen LogP contribution is -2.48. The van der Waals surface area contributed by atoms with Crippen molar-refractivity contribution in [3.8, 4) is 5.75 Å². The summed E-state index contributed by atoms with van der Waals surface area (Å²) in [6.07, 6.45) is -2.74. The molecule has 0 aromatic heterocycles. The Labute approximate surface area is 257 Å². The van der Waals surface area contributed by atoms with E-state index < -0.39 is 29.9 Å². The minimum Gasteiger partial charge on any atom is -0.490 e. The first kappa shape index (κ1) is 35.0. The molecule has 3 amide bonds. The Morgan fingerprint density at radius 1 is 1.11 bits per heavy atom. The zero-order chi connectivity index (χ0) is 32.6. The summed E-state index contributed by atoms with van der Waals surface area (Å²) in [5.74, 6) is -0.0496. The summed E-state index contributed by atoms with van der Waals surface area (Å²) in [6.45, 7) is 6.25. The van der Waals surface area contributed by atoms with Gasteiger partial charge in [0, 0.05) is 58.1 Å². The van der Waals surface area contributed by atoms with E-state index >= 15 is 0 Å². The van der Waals surface area contributed by atoms with Crippen LogP contribution in [0.25, 0.3) is 0 Å². The monoisotopic (exact) mass is 622 g/mol. The number of nitrogens with zero attached hydrogens (tertiary/aromatic N) is 3. The summed E-state index contributed by atoms with van der Waals surface area (Å²) in [4.78, 5) is 32.0. The van der Waals surface area contributed by atoms with E-state index in [1.54, 1.807) is 24.9 Å². The van der Waals surface area contributed by atoms with Gasteiger partial charge in [-0.15, -0.1) is 0 Å². The second-order valence-electron chi connectivity index (χ2n) is 11.8. The number of anilines is 2. The molecule has 1 aliphatic heterocycles. The highest BCUT2D eigenvalue weighted by molar-refractivity contribution is 5.98. The zero-order valence-corrected chi connectivity index (χ0v) is 26.4. The van der Waals surface area contributed by atoms with Gasteiger partial charge in [-0.05, 0) is 75.6 Å². The highest BCUT2D eigenvalue weighted by Gasteiger charge is 2.32. The van der Waals surface area contributed by atoms with Crippen molar-refractivity contribution in [1.82, 2.24) is 9.80 Å². The summed E-state index contributed by atoms with van der Waals surface area (Å²) in [5, 5.41) is 12.7. The highest BCUT2D eigenvalue weighted by Crippen LogP contribution is 2.31. The third-order valence-corrected chi connectivity index (χ3v) is 7.82. The van der Waals surface area contributed by atoms with Crippen LogP contribution < -0.4 is 15.0 Å². The summed E-state index contributed by atoms with van der Waals surface area (Å²) in [6, 6.07) is 8.74. The Kier molecular flexibility index (Phi) is 12.3. The fraction of sp³-hybridized carbons (Fsp3) is 0.562. The lowest BCUT2D eigenvalue weighted by atomic mass is 10.0. The second kappa shape index (κ2) is 15.5. The van der Waals surface area contributed by atoms with Gasteiger partial charge in [0.05, 0.1) is 36.0 Å². The van der Waals surface area contributed by atoms with E-state index in [1.165, 1.54) is 17.0 Å². The lowest BCUT2D eigenvalue weighted by Gasteiger charge is -2.36. The van der Waals surface area contributed by atoms with E-state index in [9.17, 15) is 27.9 Å². The van der Waals surface area contributed by atoms with Gasteiger partial charge < -0.3 is 34.6 Å². The van der Waals surface area contributed by atoms with Gasteiger partial charge in [0.1, 0.15) is 5.75 Å². The van der Waals surface area contributed by atoms with Gasteiger partial charge in [0.25, 0.3) is 5.91 Å². The summed E-state index contributed by atoms with van der Waals surface area (Å²) >= 11 is 0. The maximum atomic E-state index is 14.1. The number of alkyl halides is 3. The molecule has 0 saturated carbocycles. The molecule has 0 fully saturated rings. The molecule has 0 bridgehead atoms. The van der Waals surface area contributed by atoms with Gasteiger partial charge in [-0.1, -0.05) is 6.92 Å². The van der Waals surface area contributed by atoms with Crippen LogP contribution in [0.1, 0.15) is 56.0 Å². The molecular weight excluding hydrogens is 577 g/mol. The maximum absolute atomic E-state index is 14.1. The molecular formula is C32H45F3N4O5. The number of rotatable bonds is 6. The van der Waals surface area contributed by atoms with E-state index in [-0.39, 0.29) is 43.3 Å². The molecule has 9 nitrogen and oxygen atoms in total. The molecule has 0 unspecified atom stereocenters. The summed E-state index contributed by atoms with van der Waals surface area (Å²) < 4.78 is 51.3. The number of carbonyl (C=O) groups is 2. The number of fused-ring (bicyclic) bond motifs is 1. The molecule has 1 aliphatic rings. The molecule has 0 aliphatic carbocycles. The number of carbonyl (C=O) groups excluding carboxylic acids is 2. The molecule has 0 radical (unpaired) electrons. The van der Waals surface area contributed by atoms with Crippen molar-refractivity contribution < 1.29 is 37.3 Å². The number of aliphatic hydroxyl groups is 1. The Hall–Kier alpha value is -3.51. The van der Waals surface area contributed by atoms with Crippen LogP contribution >= 0.6 is 0 Å². The van der Waals surface area contributed by atoms with Gasteiger partial charge in [0.2, 0.25) is 0 Å². The quantitative estimate of drug-likeness (QED) is 0.428. The fourth-order valence-electron chi connectivity index (χ4n) is 4.97. The minimum atomic E-state index is -4.47. The lowest BCUT2D eigenvalue weighted by molar-refractivity contribution is -0.137. The number of ether oxygens (including phenoxy) is 2. The third kappa shape index (κ3) is 9.49. The van der Waals surface area contributed by atoms with Crippen LogP contribution in [-0.2, 0) is 10.9 Å². The SMILES string of the molecule is C[C@@H]1CCCCO[C@H](CN(C)C(=O)Nc2ccc(C(F)(F)F)cc2)[C@H](C)CN([C@H](C)CO)C(=O)c2cc(N(C)C)ccc2O1. The fourth-order valence-corrected chi connectivity index (χ4v) is 4.97. The Morgan fingerprint density at radius 3 is 2.41 bits per heavy atom. The van der Waals surface area contributed by atoms with E-state index in [0.717, 1.165) is 37.1 Å². The number of hydrogen-bond acceptors (Lipinski definition) is 6. The highest BCUT2D eigenvalue weighted by atomic mass is 19.4. The van der Waals surface area contributed by atoms with Crippen molar-refractivity contribution in [2.45, 2.75) is 64.5 Å². The predicted octanol–water partition coefficient (Wildman–Crippen LogP) is 5.73. The number of likely N-dealkylation sites (N-methyl/N-ethyl adjacent to an activating group) is 1. The number of nitrogens with one attached hydrogen (secondary N) is 1. The van der Waals surface area contributed by atoms with Crippen LogP contribution in [0, 0.1) is 5.92 Å². The summed E-state index contributed by atoms with van der Waals surface area (Å²) in [7, 11) is 5.36. The average molecular weight is 623 g/mol. The van der Waals surface area contributed by atoms with Gasteiger partial charge in [-0.25, -0.2) is 4.79 Å². The molecule has 0 spiro atoms. The first-order chi connectivity index (χ1) is 20.7. The molecule has 1 heterocycles. The molecule has 2 N–H and O–H groups in total. The number of amides is 3. The van der Waals surface area contributed by atoms with Crippen molar-refractivity contribution in [2.75, 3.05) is 57.7 Å². The third-order valence-electron chi connectivity index (χ3n) is 7.82. The van der Waals surface area contributed by atoms with Crippen LogP contribution in [0.4, 0.5) is 29.3 Å². The first-order valence-corrected chi connectivity index (χ1v) is 14.9. The maximum Gasteiger partial charge on any atom is 0.416 e. The second-order valence-corrected chi connectivity index (χ2v) is 11.8. The molecule has 12 heteroatoms. The molecule has 44 heavy (non-hydrogen) atoms. The van der Waals surface area contributed by atoms with E-state index in [0.29, 0.717) is 17.9 Å². The zero-order valence-electron chi connectivity index (χ0n) is 26.4. The van der Waals surface area contributed by atoms with Gasteiger partial charge >= 0.3 is 12.2 Å². The number of urea groups is 1. The van der Waals surface area contributed by atoms with Crippen LogP contribution in [0.3, 0.4) is 0 Å². The van der Waals surface area contributed by atoms with Crippen LogP contribution in [0.2, 0.25) is 0 Å². The smallest absolute Gasteiger partial charge is 0.416 e. The average Bonchev–Trinajstić information content (AvgIpc) is 2.97. The van der Waals surface area contributed by atoms with Crippen LogP contribution in [-0.4, -0.2) is 92.5 Å². The predicted molar refractivity (Wildman–Crippen MR) is 164 cm³/mol. The normalized spacial score (nSPS) is 21.0. The van der Waals surface area contributed by atoms with E-state index in [4.69, 9.17) is 9.47 Å². The van der Waals surface area contributed by atoms with Gasteiger partial charge in [0.15, 0.2) is 0 Å².